The van der Waals surface area contributed by atoms with Gasteiger partial charge in [0, 0.05) is 0 Å². The average molecular weight is 1490 g/mol. The Morgan fingerprint density at radius 2 is 0.0263 bits per heavy atom. The summed E-state index contributed by atoms with van der Waals surface area (Å²) in [5, 5.41) is 0. The van der Waals surface area contributed by atoms with Crippen molar-refractivity contribution in [1.29, 1.82) is 0 Å². The van der Waals surface area contributed by atoms with Gasteiger partial charge in [-0.2, -0.15) is 0 Å². The van der Waals surface area contributed by atoms with Crippen molar-refractivity contribution >= 4 is 0 Å². The van der Waals surface area contributed by atoms with Crippen LogP contribution in [-0.2, 0) is 0 Å². The van der Waals surface area contributed by atoms with Crippen molar-refractivity contribution in [3.8, 4) is 0 Å². The molecule has 0 amide bonds. The van der Waals surface area contributed by atoms with E-state index in [1.807, 2.05) is 0 Å². The molecule has 0 fully saturated rings. The molecule has 0 atom stereocenters. The normalized spacial score (nSPS) is 0. The van der Waals surface area contributed by atoms with Gasteiger partial charge in [0.25, 0.3) is 0 Å². The number of rotatable bonds is 0. The molecular weight excluding hydrogens is 1490 g/mol. The predicted molar refractivity (Wildman–Crippen MR) is 0 cm³/mol. The largest absolute Gasteiger partial charge is 1.00 e. The Kier molecular flexibility index (Phi) is 1660. The zero-order valence-corrected chi connectivity index (χ0v) is 157. The van der Waals surface area contributed by atoms with Crippen LogP contribution in [0.25, 0.3) is 0 Å². The second-order valence-corrected chi connectivity index (χ2v) is 0. The molecule has 0 unspecified atom stereocenters. The molecule has 0 saturated carbocycles. The van der Waals surface area contributed by atoms with E-state index >= 15 is 0 Å². The summed E-state index contributed by atoms with van der Waals surface area (Å²) in [4.78, 5) is 0. The molecule has 0 aliphatic rings. The van der Waals surface area contributed by atoms with Crippen molar-refractivity contribution in [1.82, 2.24) is 0 Å². The van der Waals surface area contributed by atoms with Gasteiger partial charge in [-0.05, 0) is 0 Å². The molecule has 0 aromatic carbocycles. The van der Waals surface area contributed by atoms with Crippen molar-refractivity contribution in [2.24, 2.45) is 0 Å². The van der Waals surface area contributed by atoms with Gasteiger partial charge >= 0.3 is 1950 Å². The Bertz CT molecular complexity index is 0. The van der Waals surface area contributed by atoms with E-state index in [4.69, 9.17) is 0 Å². The molecule has 0 radical (unpaired) electrons. The van der Waals surface area contributed by atoms with Crippen LogP contribution in [0, 0.1) is 0 Å². The second kappa shape index (κ2) is 247. The molecule has 0 rings (SSSR count). The van der Waals surface area contributed by atoms with Crippen molar-refractivity contribution in [2.45, 2.75) is 0 Å². The first-order chi connectivity index (χ1) is 0. The fourth-order valence-corrected chi connectivity index (χ4v) is 0. The number of hydrogen-bond acceptors (Lipinski definition) is 0. The minimum atomic E-state index is 0. The number of hydrogen-bond donors (Lipinski definition) is 0. The van der Waals surface area contributed by atoms with Gasteiger partial charge in [-0.25, -0.2) is 0 Å². The Labute approximate surface area is 1860 Å². The van der Waals surface area contributed by atoms with Crippen molar-refractivity contribution < 1.29 is 1950 Å². The van der Waals surface area contributed by atoms with Gasteiger partial charge in [0.1, 0.15) is 0 Å². The van der Waals surface area contributed by atoms with Gasteiger partial charge in [-0.3, -0.25) is 0 Å². The zero-order chi connectivity index (χ0) is 0. The molecular formula is K38+38. The molecule has 0 aromatic heterocycles. The smallest absolute Gasteiger partial charge is 1.00 e. The first-order valence-corrected chi connectivity index (χ1v) is 0. The molecule has 0 aliphatic heterocycles. The first kappa shape index (κ1) is 255. The maximum Gasteiger partial charge on any atom is 1.00 e. The third-order valence-electron chi connectivity index (χ3n) is 0. The predicted octanol–water partition coefficient (Wildman–Crippen LogP) is -114. The maximum atomic E-state index is 0. The van der Waals surface area contributed by atoms with Crippen LogP contribution in [-0.4, -0.2) is 0 Å². The molecule has 0 N–H and O–H groups in total. The van der Waals surface area contributed by atoms with E-state index in [-0.39, 0.29) is 1950 Å². The Morgan fingerprint density at radius 1 is 0.0263 bits per heavy atom. The molecule has 0 aromatic rings. The van der Waals surface area contributed by atoms with Crippen LogP contribution in [0.2, 0.25) is 0 Å². The molecule has 38 heavy (non-hydrogen) atoms. The standard InChI is InChI=1S/38K/q38*+1. The van der Waals surface area contributed by atoms with Crippen LogP contribution in [0.3, 0.4) is 0 Å². The van der Waals surface area contributed by atoms with E-state index in [1.165, 1.54) is 0 Å². The zero-order valence-electron chi connectivity index (χ0n) is 38.0. The van der Waals surface area contributed by atoms with Crippen molar-refractivity contribution in [2.75, 3.05) is 0 Å². The van der Waals surface area contributed by atoms with Gasteiger partial charge < -0.3 is 0 Å². The molecule has 0 bridgehead atoms. The summed E-state index contributed by atoms with van der Waals surface area (Å²) in [5.74, 6) is 0. The van der Waals surface area contributed by atoms with Crippen LogP contribution < -0.4 is 1950 Å². The molecule has 38 heteroatoms. The first-order valence-electron chi connectivity index (χ1n) is 0. The summed E-state index contributed by atoms with van der Waals surface area (Å²) < 4.78 is 0. The second-order valence-electron chi connectivity index (χ2n) is 0. The van der Waals surface area contributed by atoms with Gasteiger partial charge in [0.05, 0.1) is 0 Å². The van der Waals surface area contributed by atoms with Crippen LogP contribution >= 0.6 is 0 Å². The quantitative estimate of drug-likeness (QED) is 0.212. The van der Waals surface area contributed by atoms with Crippen LogP contribution in [0.15, 0.2) is 0 Å². The SMILES string of the molecule is [K+].[K+].[K+].[K+].[K+].[K+].[K+].[K+].[K+].[K+].[K+].[K+].[K+].[K+].[K+].[K+].[K+].[K+].[K+].[K+].[K+].[K+].[K+].[K+].[K+].[K+].[K+].[K+].[K+].[K+].[K+].[K+].[K+].[K+].[K+].[K+].[K+].[K+]. The van der Waals surface area contributed by atoms with E-state index in [0.717, 1.165) is 0 Å². The summed E-state index contributed by atoms with van der Waals surface area (Å²) in [6, 6.07) is 0. The molecule has 0 heterocycles. The third-order valence-corrected chi connectivity index (χ3v) is 0. The minimum absolute atomic E-state index is 0. The fourth-order valence-electron chi connectivity index (χ4n) is 0. The Morgan fingerprint density at radius 3 is 0.0263 bits per heavy atom. The monoisotopic (exact) mass is 1480 g/mol. The van der Waals surface area contributed by atoms with E-state index in [9.17, 15) is 0 Å². The van der Waals surface area contributed by atoms with Crippen molar-refractivity contribution in [3.63, 3.8) is 0 Å². The van der Waals surface area contributed by atoms with Crippen LogP contribution in [0.1, 0.15) is 0 Å². The Balaban J connectivity index is 0. The van der Waals surface area contributed by atoms with Gasteiger partial charge in [-0.1, -0.05) is 0 Å². The fraction of sp³-hybridized carbons (Fsp3) is 0. The summed E-state index contributed by atoms with van der Waals surface area (Å²) in [6.45, 7) is 0. The molecule has 0 valence electrons. The van der Waals surface area contributed by atoms with Gasteiger partial charge in [0.2, 0.25) is 0 Å². The van der Waals surface area contributed by atoms with Crippen LogP contribution in [0.5, 0.6) is 0 Å². The summed E-state index contributed by atoms with van der Waals surface area (Å²) >= 11 is 0. The van der Waals surface area contributed by atoms with E-state index < -0.39 is 0 Å². The van der Waals surface area contributed by atoms with Crippen molar-refractivity contribution in [3.05, 3.63) is 0 Å². The van der Waals surface area contributed by atoms with E-state index in [1.54, 1.807) is 0 Å². The van der Waals surface area contributed by atoms with E-state index in [0.29, 0.717) is 0 Å². The van der Waals surface area contributed by atoms with Gasteiger partial charge in [0.15, 0.2) is 0 Å². The van der Waals surface area contributed by atoms with Crippen LogP contribution in [0.4, 0.5) is 0 Å². The summed E-state index contributed by atoms with van der Waals surface area (Å²) in [7, 11) is 0. The Hall–Kier alpha value is 62.2. The molecule has 0 saturated heterocycles. The summed E-state index contributed by atoms with van der Waals surface area (Å²) in [6.07, 6.45) is 0. The molecule has 0 aliphatic carbocycles. The topological polar surface area (TPSA) is 0 Å². The van der Waals surface area contributed by atoms with Gasteiger partial charge in [-0.15, -0.1) is 0 Å². The summed E-state index contributed by atoms with van der Waals surface area (Å²) in [5.41, 5.74) is 0. The molecule has 0 nitrogen and oxygen atoms in total. The third kappa shape index (κ3) is 240. The van der Waals surface area contributed by atoms with E-state index in [2.05, 4.69) is 0 Å². The molecule has 0 spiro atoms. The maximum absolute atomic E-state index is 0. The minimum Gasteiger partial charge on any atom is 1.00 e. The average Bonchev–Trinajstić information content (AvgIpc) is 0.